The topological polar surface area (TPSA) is 44.1 Å². The summed E-state index contributed by atoms with van der Waals surface area (Å²) in [5.74, 6) is 0.634. The number of hydrogen-bond donors (Lipinski definition) is 0. The van der Waals surface area contributed by atoms with Crippen LogP contribution in [0.2, 0.25) is 5.02 Å². The highest BCUT2D eigenvalue weighted by Crippen LogP contribution is 2.45. The predicted octanol–water partition coefficient (Wildman–Crippen LogP) is 3.21. The first-order valence-corrected chi connectivity index (χ1v) is 7.26. The number of aryl methyl sites for hydroxylation is 1. The minimum Gasteiger partial charge on any atom is -0.465 e. The first-order valence-electron chi connectivity index (χ1n) is 6.88. The maximum atomic E-state index is 12.3. The molecule has 5 heteroatoms. The molecule has 0 atom stereocenters. The van der Waals surface area contributed by atoms with Crippen molar-refractivity contribution in [3.63, 3.8) is 0 Å². The van der Waals surface area contributed by atoms with Crippen LogP contribution in [0.5, 0.6) is 0 Å². The highest BCUT2D eigenvalue weighted by Gasteiger charge is 2.50. The maximum absolute atomic E-state index is 12.3. The SMILES string of the molecule is CCOC(=O)C1(c2nc3cc(Cl)ccc3n2C)CCC1. The second-order valence-corrected chi connectivity index (χ2v) is 5.72. The molecule has 0 saturated heterocycles. The van der Waals surface area contributed by atoms with Gasteiger partial charge in [0, 0.05) is 12.1 Å². The van der Waals surface area contributed by atoms with Crippen LogP contribution in [0.25, 0.3) is 11.0 Å². The van der Waals surface area contributed by atoms with Gasteiger partial charge in [0.05, 0.1) is 17.6 Å². The van der Waals surface area contributed by atoms with E-state index in [1.54, 1.807) is 0 Å². The van der Waals surface area contributed by atoms with Gasteiger partial charge in [0.1, 0.15) is 11.2 Å². The van der Waals surface area contributed by atoms with Gasteiger partial charge in [-0.25, -0.2) is 4.98 Å². The summed E-state index contributed by atoms with van der Waals surface area (Å²) in [6.07, 6.45) is 2.64. The van der Waals surface area contributed by atoms with Gasteiger partial charge in [-0.1, -0.05) is 18.0 Å². The summed E-state index contributed by atoms with van der Waals surface area (Å²) in [5.41, 5.74) is 1.24. The fourth-order valence-electron chi connectivity index (χ4n) is 2.92. The van der Waals surface area contributed by atoms with E-state index in [9.17, 15) is 4.79 Å². The number of imidazole rings is 1. The van der Waals surface area contributed by atoms with Gasteiger partial charge in [0.25, 0.3) is 0 Å². The van der Waals surface area contributed by atoms with Crippen molar-refractivity contribution in [2.24, 2.45) is 7.05 Å². The summed E-state index contributed by atoms with van der Waals surface area (Å²) >= 11 is 6.01. The lowest BCUT2D eigenvalue weighted by Crippen LogP contribution is -2.45. The Hall–Kier alpha value is -1.55. The Bertz CT molecular complexity index is 674. The monoisotopic (exact) mass is 292 g/mol. The zero-order chi connectivity index (χ0) is 14.3. The normalized spacial score (nSPS) is 16.9. The molecule has 20 heavy (non-hydrogen) atoms. The summed E-state index contributed by atoms with van der Waals surface area (Å²) in [6.45, 7) is 2.23. The van der Waals surface area contributed by atoms with Crippen LogP contribution >= 0.6 is 11.6 Å². The van der Waals surface area contributed by atoms with Crippen LogP contribution in [-0.4, -0.2) is 22.1 Å². The van der Waals surface area contributed by atoms with E-state index in [-0.39, 0.29) is 5.97 Å². The third-order valence-electron chi connectivity index (χ3n) is 4.14. The Morgan fingerprint density at radius 3 is 2.85 bits per heavy atom. The summed E-state index contributed by atoms with van der Waals surface area (Å²) in [4.78, 5) is 17.0. The van der Waals surface area contributed by atoms with E-state index in [1.807, 2.05) is 36.7 Å². The minimum atomic E-state index is -0.573. The summed E-state index contributed by atoms with van der Waals surface area (Å²) < 4.78 is 7.25. The first-order chi connectivity index (χ1) is 9.58. The van der Waals surface area contributed by atoms with Gasteiger partial charge in [-0.05, 0) is 38.0 Å². The van der Waals surface area contributed by atoms with E-state index in [1.165, 1.54) is 0 Å². The molecule has 0 aliphatic heterocycles. The number of hydrogen-bond acceptors (Lipinski definition) is 3. The van der Waals surface area contributed by atoms with Crippen molar-refractivity contribution in [2.75, 3.05) is 6.61 Å². The molecule has 1 saturated carbocycles. The molecule has 0 spiro atoms. The van der Waals surface area contributed by atoms with E-state index in [4.69, 9.17) is 16.3 Å². The van der Waals surface area contributed by atoms with Crippen LogP contribution in [0.1, 0.15) is 32.0 Å². The van der Waals surface area contributed by atoms with E-state index >= 15 is 0 Å². The molecular weight excluding hydrogens is 276 g/mol. The Labute approximate surface area is 122 Å². The van der Waals surface area contributed by atoms with Gasteiger partial charge >= 0.3 is 5.97 Å². The number of carbonyl (C=O) groups is 1. The third kappa shape index (κ3) is 1.82. The number of benzene rings is 1. The van der Waals surface area contributed by atoms with E-state index in [2.05, 4.69) is 4.98 Å². The quantitative estimate of drug-likeness (QED) is 0.816. The number of ether oxygens (including phenoxy) is 1. The van der Waals surface area contributed by atoms with Crippen molar-refractivity contribution in [3.8, 4) is 0 Å². The van der Waals surface area contributed by atoms with Gasteiger partial charge in [-0.3, -0.25) is 4.79 Å². The van der Waals surface area contributed by atoms with Gasteiger partial charge < -0.3 is 9.30 Å². The highest BCUT2D eigenvalue weighted by molar-refractivity contribution is 6.31. The molecule has 0 unspecified atom stereocenters. The number of nitrogens with zero attached hydrogens (tertiary/aromatic N) is 2. The van der Waals surface area contributed by atoms with Crippen molar-refractivity contribution in [1.29, 1.82) is 0 Å². The fourth-order valence-corrected chi connectivity index (χ4v) is 3.09. The lowest BCUT2D eigenvalue weighted by atomic mass is 9.68. The number of aromatic nitrogens is 2. The first kappa shape index (κ1) is 13.4. The third-order valence-corrected chi connectivity index (χ3v) is 4.38. The van der Waals surface area contributed by atoms with Crippen LogP contribution in [0.15, 0.2) is 18.2 Å². The average Bonchev–Trinajstić information content (AvgIpc) is 2.66. The zero-order valence-electron chi connectivity index (χ0n) is 11.6. The van der Waals surface area contributed by atoms with Crippen molar-refractivity contribution >= 4 is 28.6 Å². The molecule has 1 aliphatic rings. The van der Waals surface area contributed by atoms with Crippen molar-refractivity contribution < 1.29 is 9.53 Å². The zero-order valence-corrected chi connectivity index (χ0v) is 12.4. The molecule has 106 valence electrons. The van der Waals surface area contributed by atoms with Crippen LogP contribution in [-0.2, 0) is 22.0 Å². The molecule has 1 aliphatic carbocycles. The Morgan fingerprint density at radius 1 is 1.50 bits per heavy atom. The summed E-state index contributed by atoms with van der Waals surface area (Å²) in [6, 6.07) is 5.61. The molecule has 0 bridgehead atoms. The Morgan fingerprint density at radius 2 is 2.25 bits per heavy atom. The molecule has 1 aromatic heterocycles. The van der Waals surface area contributed by atoms with Crippen molar-refractivity contribution in [2.45, 2.75) is 31.6 Å². The lowest BCUT2D eigenvalue weighted by Gasteiger charge is -2.38. The van der Waals surface area contributed by atoms with Crippen LogP contribution < -0.4 is 0 Å². The maximum Gasteiger partial charge on any atom is 0.319 e. The number of esters is 1. The predicted molar refractivity (Wildman–Crippen MR) is 77.9 cm³/mol. The molecule has 2 aromatic rings. The second kappa shape index (κ2) is 4.77. The summed E-state index contributed by atoms with van der Waals surface area (Å²) in [5, 5.41) is 0.654. The smallest absolute Gasteiger partial charge is 0.319 e. The van der Waals surface area contributed by atoms with E-state index in [0.29, 0.717) is 11.6 Å². The molecule has 3 rings (SSSR count). The molecule has 0 N–H and O–H groups in total. The van der Waals surface area contributed by atoms with E-state index < -0.39 is 5.41 Å². The van der Waals surface area contributed by atoms with E-state index in [0.717, 1.165) is 36.1 Å². The molecule has 0 amide bonds. The largest absolute Gasteiger partial charge is 0.465 e. The number of fused-ring (bicyclic) bond motifs is 1. The van der Waals surface area contributed by atoms with Crippen LogP contribution in [0.3, 0.4) is 0 Å². The molecule has 4 nitrogen and oxygen atoms in total. The molecular formula is C15H17ClN2O2. The number of halogens is 1. The lowest BCUT2D eigenvalue weighted by molar-refractivity contribution is -0.154. The van der Waals surface area contributed by atoms with Crippen molar-refractivity contribution in [1.82, 2.24) is 9.55 Å². The van der Waals surface area contributed by atoms with Crippen LogP contribution in [0, 0.1) is 0 Å². The molecule has 0 radical (unpaired) electrons. The molecule has 1 aromatic carbocycles. The Balaban J connectivity index is 2.13. The standard InChI is InChI=1S/C15H17ClN2O2/c1-3-20-14(19)15(7-4-8-15)13-17-11-9-10(16)5-6-12(11)18(13)2/h5-6,9H,3-4,7-8H2,1-2H3. The minimum absolute atomic E-state index is 0.157. The van der Waals surface area contributed by atoms with Gasteiger partial charge in [-0.2, -0.15) is 0 Å². The van der Waals surface area contributed by atoms with Crippen LogP contribution in [0.4, 0.5) is 0 Å². The average molecular weight is 293 g/mol. The molecule has 1 fully saturated rings. The number of rotatable bonds is 3. The summed E-state index contributed by atoms with van der Waals surface area (Å²) in [7, 11) is 1.94. The van der Waals surface area contributed by atoms with Gasteiger partial charge in [0.15, 0.2) is 0 Å². The van der Waals surface area contributed by atoms with Gasteiger partial charge in [-0.15, -0.1) is 0 Å². The number of carbonyl (C=O) groups excluding carboxylic acids is 1. The Kier molecular flexibility index (Phi) is 3.21. The van der Waals surface area contributed by atoms with Gasteiger partial charge in [0.2, 0.25) is 0 Å². The highest BCUT2D eigenvalue weighted by atomic mass is 35.5. The fraction of sp³-hybridized carbons (Fsp3) is 0.467. The molecule has 1 heterocycles. The van der Waals surface area contributed by atoms with Crippen molar-refractivity contribution in [3.05, 3.63) is 29.0 Å². The second-order valence-electron chi connectivity index (χ2n) is 5.28.